The van der Waals surface area contributed by atoms with Crippen molar-refractivity contribution in [3.63, 3.8) is 0 Å². The predicted octanol–water partition coefficient (Wildman–Crippen LogP) is 4.58. The summed E-state index contributed by atoms with van der Waals surface area (Å²) in [6, 6.07) is 5.28. The summed E-state index contributed by atoms with van der Waals surface area (Å²) < 4.78 is 16.2. The molecule has 0 unspecified atom stereocenters. The van der Waals surface area contributed by atoms with Crippen LogP contribution in [0.4, 0.5) is 16.0 Å². The Morgan fingerprint density at radius 3 is 2.51 bits per heavy atom. The molecule has 0 saturated carbocycles. The van der Waals surface area contributed by atoms with Crippen LogP contribution < -0.4 is 10.6 Å². The minimum atomic E-state index is -0.176. The summed E-state index contributed by atoms with van der Waals surface area (Å²) in [4.78, 5) is 18.8. The first-order valence-corrected chi connectivity index (χ1v) is 12.8. The van der Waals surface area contributed by atoms with Crippen LogP contribution in [0, 0.1) is 12.7 Å². The summed E-state index contributed by atoms with van der Waals surface area (Å²) in [6.45, 7) is 12.2. The third-order valence-corrected chi connectivity index (χ3v) is 7.50. The van der Waals surface area contributed by atoms with E-state index in [1.54, 1.807) is 12.4 Å². The molecule has 2 saturated heterocycles. The van der Waals surface area contributed by atoms with E-state index in [2.05, 4.69) is 44.4 Å². The van der Waals surface area contributed by atoms with Crippen molar-refractivity contribution in [2.45, 2.75) is 58.4 Å². The summed E-state index contributed by atoms with van der Waals surface area (Å²) >= 11 is 0. The number of nitrogens with two attached hydrogens (primary N) is 1. The highest BCUT2D eigenvalue weighted by atomic mass is 19.1. The molecule has 0 spiro atoms. The molecule has 2 aliphatic heterocycles. The highest BCUT2D eigenvalue weighted by molar-refractivity contribution is 5.60. The molecule has 3 aromatic rings. The molecule has 4 heterocycles. The van der Waals surface area contributed by atoms with Crippen LogP contribution in [0.2, 0.25) is 0 Å². The lowest BCUT2D eigenvalue weighted by atomic mass is 9.94. The van der Waals surface area contributed by atoms with Crippen molar-refractivity contribution >= 4 is 11.6 Å². The van der Waals surface area contributed by atoms with Gasteiger partial charge in [-0.2, -0.15) is 0 Å². The maximum Gasteiger partial charge on any atom is 0.137 e. The maximum absolute atomic E-state index is 13.9. The average Bonchev–Trinajstić information content (AvgIpc) is 3.24. The van der Waals surface area contributed by atoms with Crippen LogP contribution in [-0.2, 0) is 6.54 Å². The lowest BCUT2D eigenvalue weighted by Crippen LogP contribution is -2.39. The normalized spacial score (nSPS) is 17.2. The molecule has 0 radical (unpaired) electrons. The molecule has 8 heteroatoms. The lowest BCUT2D eigenvalue weighted by molar-refractivity contribution is 0.173. The number of aromatic nitrogens is 4. The summed E-state index contributed by atoms with van der Waals surface area (Å²) in [6.07, 6.45) is 7.04. The quantitative estimate of drug-likeness (QED) is 0.537. The topological polar surface area (TPSA) is 76.1 Å². The number of hydrogen-bond acceptors (Lipinski definition) is 6. The molecular formula is C27H36FN7. The van der Waals surface area contributed by atoms with Crippen LogP contribution in [0.25, 0.3) is 11.3 Å². The molecule has 5 rings (SSSR count). The highest BCUT2D eigenvalue weighted by Gasteiger charge is 2.28. The standard InChI is InChI=1S/C27H36FN7/c1-18(2)24-25(29)30-17-31-27(24)34-11-7-20(8-12-34)26-32-23(21-5-6-22(28)19(3)15-21)16-35(26)14-13-33-9-4-10-33/h5-6,15-18,20H,4,7-14H2,1-3H3,(H2,29,30,31). The van der Waals surface area contributed by atoms with Crippen LogP contribution in [-0.4, -0.2) is 57.1 Å². The van der Waals surface area contributed by atoms with E-state index in [1.165, 1.54) is 19.5 Å². The number of anilines is 2. The maximum atomic E-state index is 13.9. The molecular weight excluding hydrogens is 441 g/mol. The summed E-state index contributed by atoms with van der Waals surface area (Å²) in [5.74, 6) is 3.16. The Kier molecular flexibility index (Phi) is 6.73. The molecule has 0 atom stereocenters. The average molecular weight is 478 g/mol. The van der Waals surface area contributed by atoms with Gasteiger partial charge in [0.1, 0.15) is 29.6 Å². The largest absolute Gasteiger partial charge is 0.383 e. The van der Waals surface area contributed by atoms with Gasteiger partial charge in [0.2, 0.25) is 0 Å². The molecule has 35 heavy (non-hydrogen) atoms. The van der Waals surface area contributed by atoms with Gasteiger partial charge in [0.15, 0.2) is 0 Å². The van der Waals surface area contributed by atoms with Gasteiger partial charge in [-0.3, -0.25) is 0 Å². The van der Waals surface area contributed by atoms with Crippen molar-refractivity contribution in [2.75, 3.05) is 43.4 Å². The zero-order chi connectivity index (χ0) is 24.5. The van der Waals surface area contributed by atoms with Crippen LogP contribution in [0.5, 0.6) is 0 Å². The van der Waals surface area contributed by atoms with E-state index >= 15 is 0 Å². The highest BCUT2D eigenvalue weighted by Crippen LogP contribution is 2.35. The fourth-order valence-corrected chi connectivity index (χ4v) is 5.29. The summed E-state index contributed by atoms with van der Waals surface area (Å²) in [5.41, 5.74) is 9.79. The van der Waals surface area contributed by atoms with Crippen LogP contribution in [0.1, 0.15) is 61.9 Å². The minimum absolute atomic E-state index is 0.176. The fraction of sp³-hybridized carbons (Fsp3) is 0.519. The Balaban J connectivity index is 1.37. The van der Waals surface area contributed by atoms with Crippen molar-refractivity contribution in [3.05, 3.63) is 53.5 Å². The third-order valence-electron chi connectivity index (χ3n) is 7.50. The van der Waals surface area contributed by atoms with E-state index in [-0.39, 0.29) is 11.7 Å². The first kappa shape index (κ1) is 23.7. The van der Waals surface area contributed by atoms with Gasteiger partial charge in [-0.05, 0) is 69.0 Å². The van der Waals surface area contributed by atoms with Crippen molar-refractivity contribution in [3.8, 4) is 11.3 Å². The molecule has 0 aliphatic carbocycles. The number of nitrogens with zero attached hydrogens (tertiary/aromatic N) is 6. The molecule has 7 nitrogen and oxygen atoms in total. The number of nitrogen functional groups attached to an aromatic ring is 1. The van der Waals surface area contributed by atoms with E-state index in [0.717, 1.165) is 67.5 Å². The second-order valence-corrected chi connectivity index (χ2v) is 10.2. The van der Waals surface area contributed by atoms with E-state index < -0.39 is 0 Å². The molecule has 0 amide bonds. The third kappa shape index (κ3) is 4.89. The van der Waals surface area contributed by atoms with Gasteiger partial charge in [-0.1, -0.05) is 13.8 Å². The van der Waals surface area contributed by atoms with Crippen molar-refractivity contribution in [2.24, 2.45) is 0 Å². The first-order chi connectivity index (χ1) is 16.9. The van der Waals surface area contributed by atoms with Gasteiger partial charge in [-0.15, -0.1) is 0 Å². The summed E-state index contributed by atoms with van der Waals surface area (Å²) in [5, 5.41) is 0. The second-order valence-electron chi connectivity index (χ2n) is 10.2. The SMILES string of the molecule is Cc1cc(-c2cn(CCN3CCC3)c(C3CCN(c4ncnc(N)c4C(C)C)CC3)n2)ccc1F. The number of hydrogen-bond donors (Lipinski definition) is 1. The Bertz CT molecular complexity index is 1180. The zero-order valence-corrected chi connectivity index (χ0v) is 21.0. The van der Waals surface area contributed by atoms with Gasteiger partial charge in [0.05, 0.1) is 5.69 Å². The smallest absolute Gasteiger partial charge is 0.137 e. The van der Waals surface area contributed by atoms with E-state index in [1.807, 2.05) is 19.1 Å². The van der Waals surface area contributed by atoms with Crippen molar-refractivity contribution in [1.29, 1.82) is 0 Å². The van der Waals surface area contributed by atoms with Crippen LogP contribution in [0.15, 0.2) is 30.7 Å². The van der Waals surface area contributed by atoms with Crippen molar-refractivity contribution < 1.29 is 4.39 Å². The lowest BCUT2D eigenvalue weighted by Gasteiger charge is -2.35. The fourth-order valence-electron chi connectivity index (χ4n) is 5.29. The minimum Gasteiger partial charge on any atom is -0.383 e. The molecule has 1 aromatic carbocycles. The Morgan fingerprint density at radius 2 is 1.86 bits per heavy atom. The number of likely N-dealkylation sites (tertiary alicyclic amines) is 1. The monoisotopic (exact) mass is 477 g/mol. The Labute approximate surface area is 207 Å². The van der Waals surface area contributed by atoms with Gasteiger partial charge in [0, 0.05) is 49.4 Å². The number of rotatable bonds is 7. The summed E-state index contributed by atoms with van der Waals surface area (Å²) in [7, 11) is 0. The van der Waals surface area contributed by atoms with Gasteiger partial charge >= 0.3 is 0 Å². The number of imidazole rings is 1. The molecule has 2 aromatic heterocycles. The van der Waals surface area contributed by atoms with Gasteiger partial charge < -0.3 is 20.1 Å². The van der Waals surface area contributed by atoms with Crippen LogP contribution >= 0.6 is 0 Å². The number of piperidine rings is 1. The van der Waals surface area contributed by atoms with E-state index in [0.29, 0.717) is 17.3 Å². The molecule has 0 bridgehead atoms. The number of aryl methyl sites for hydroxylation is 1. The second kappa shape index (κ2) is 9.93. The van der Waals surface area contributed by atoms with E-state index in [4.69, 9.17) is 10.7 Å². The molecule has 2 fully saturated rings. The number of benzene rings is 1. The molecule has 2 N–H and O–H groups in total. The van der Waals surface area contributed by atoms with Gasteiger partial charge in [0.25, 0.3) is 0 Å². The Morgan fingerprint density at radius 1 is 1.09 bits per heavy atom. The zero-order valence-electron chi connectivity index (χ0n) is 21.0. The van der Waals surface area contributed by atoms with Crippen molar-refractivity contribution in [1.82, 2.24) is 24.4 Å². The van der Waals surface area contributed by atoms with Crippen LogP contribution in [0.3, 0.4) is 0 Å². The van der Waals surface area contributed by atoms with E-state index in [9.17, 15) is 4.39 Å². The predicted molar refractivity (Wildman–Crippen MR) is 138 cm³/mol. The Hall–Kier alpha value is -3.00. The van der Waals surface area contributed by atoms with Gasteiger partial charge in [-0.25, -0.2) is 19.3 Å². The molecule has 2 aliphatic rings. The first-order valence-electron chi connectivity index (χ1n) is 12.8. The molecule has 186 valence electrons. The number of halogens is 1.